The van der Waals surface area contributed by atoms with Crippen molar-refractivity contribution < 1.29 is 12.8 Å². The lowest BCUT2D eigenvalue weighted by molar-refractivity contribution is 0.486. The molecule has 0 spiro atoms. The molecule has 1 aromatic rings. The van der Waals surface area contributed by atoms with Gasteiger partial charge in [-0.25, -0.2) is 13.4 Å². The van der Waals surface area contributed by atoms with E-state index in [1.54, 1.807) is 6.92 Å². The fourth-order valence-corrected chi connectivity index (χ4v) is 1.32. The number of hydrogen-bond acceptors (Lipinski definition) is 4. The van der Waals surface area contributed by atoms with Crippen molar-refractivity contribution in [2.24, 2.45) is 0 Å². The molecule has 0 aliphatic heterocycles. The van der Waals surface area contributed by atoms with Crippen molar-refractivity contribution in [3.05, 3.63) is 17.8 Å². The van der Waals surface area contributed by atoms with Crippen molar-refractivity contribution in [3.63, 3.8) is 0 Å². The molecule has 4 nitrogen and oxygen atoms in total. The maximum atomic E-state index is 10.5. The van der Waals surface area contributed by atoms with Gasteiger partial charge >= 0.3 is 0 Å². The number of aryl methyl sites for hydroxylation is 1. The second kappa shape index (κ2) is 2.83. The van der Waals surface area contributed by atoms with Crippen molar-refractivity contribution in [2.45, 2.75) is 12.7 Å². The minimum Gasteiger partial charge on any atom is -0.445 e. The quantitative estimate of drug-likeness (QED) is 0.662. The van der Waals surface area contributed by atoms with E-state index in [2.05, 4.69) is 4.98 Å². The van der Waals surface area contributed by atoms with Gasteiger partial charge in [0.15, 0.2) is 0 Å². The second-order valence-electron chi connectivity index (χ2n) is 2.05. The van der Waals surface area contributed by atoms with E-state index in [4.69, 9.17) is 15.1 Å². The highest BCUT2D eigenvalue weighted by Crippen LogP contribution is 2.08. The van der Waals surface area contributed by atoms with Gasteiger partial charge in [0, 0.05) is 10.7 Å². The average Bonchev–Trinajstić information content (AvgIpc) is 2.10. The summed E-state index contributed by atoms with van der Waals surface area (Å²) in [6.45, 7) is 1.68. The van der Waals surface area contributed by atoms with Gasteiger partial charge in [-0.05, 0) is 6.92 Å². The molecular formula is C5H6ClNO3S. The first kappa shape index (κ1) is 8.55. The molecule has 6 heteroatoms. The van der Waals surface area contributed by atoms with Gasteiger partial charge in [-0.3, -0.25) is 0 Å². The molecular weight excluding hydrogens is 190 g/mol. The first-order chi connectivity index (χ1) is 4.97. The maximum absolute atomic E-state index is 10.5. The monoisotopic (exact) mass is 195 g/mol. The van der Waals surface area contributed by atoms with Crippen LogP contribution in [0, 0.1) is 6.92 Å². The summed E-state index contributed by atoms with van der Waals surface area (Å²) in [6, 6.07) is 0. The first-order valence-electron chi connectivity index (χ1n) is 2.81. The number of hydrogen-bond donors (Lipinski definition) is 0. The van der Waals surface area contributed by atoms with Gasteiger partial charge in [-0.15, -0.1) is 0 Å². The third kappa shape index (κ3) is 2.90. The van der Waals surface area contributed by atoms with Crippen LogP contribution in [-0.2, 0) is 14.8 Å². The molecule has 0 radical (unpaired) electrons. The van der Waals surface area contributed by atoms with Crippen molar-refractivity contribution >= 4 is 19.7 Å². The van der Waals surface area contributed by atoms with Crippen molar-refractivity contribution in [1.82, 2.24) is 4.98 Å². The summed E-state index contributed by atoms with van der Waals surface area (Å²) in [5.74, 6) is 0.334. The Kier molecular flexibility index (Phi) is 2.20. The van der Waals surface area contributed by atoms with Crippen molar-refractivity contribution in [1.29, 1.82) is 0 Å². The lowest BCUT2D eigenvalue weighted by Crippen LogP contribution is -1.94. The third-order valence-electron chi connectivity index (χ3n) is 0.965. The van der Waals surface area contributed by atoms with Crippen LogP contribution >= 0.6 is 10.7 Å². The van der Waals surface area contributed by atoms with E-state index in [1.165, 1.54) is 6.20 Å². The van der Waals surface area contributed by atoms with Crippen molar-refractivity contribution in [2.75, 3.05) is 0 Å². The van der Waals surface area contributed by atoms with E-state index in [9.17, 15) is 8.42 Å². The minimum absolute atomic E-state index is 0.123. The molecule has 0 saturated heterocycles. The zero-order chi connectivity index (χ0) is 8.48. The normalized spacial score (nSPS) is 11.8. The number of halogens is 1. The number of aromatic nitrogens is 1. The summed E-state index contributed by atoms with van der Waals surface area (Å²) in [6.07, 6.45) is 1.44. The molecule has 0 unspecified atom stereocenters. The van der Waals surface area contributed by atoms with Gasteiger partial charge < -0.3 is 4.42 Å². The molecule has 0 amide bonds. The van der Waals surface area contributed by atoms with Gasteiger partial charge in [0.05, 0.1) is 6.20 Å². The Labute approximate surface area is 68.6 Å². The van der Waals surface area contributed by atoms with Gasteiger partial charge in [0.1, 0.15) is 11.5 Å². The lowest BCUT2D eigenvalue weighted by atomic mass is 10.6. The van der Waals surface area contributed by atoms with Crippen LogP contribution in [0.1, 0.15) is 11.7 Å². The zero-order valence-electron chi connectivity index (χ0n) is 5.74. The highest BCUT2D eigenvalue weighted by atomic mass is 35.7. The van der Waals surface area contributed by atoms with E-state index in [0.717, 1.165) is 0 Å². The molecule has 0 N–H and O–H groups in total. The Hall–Kier alpha value is -0.550. The van der Waals surface area contributed by atoms with Crippen LogP contribution in [0.3, 0.4) is 0 Å². The summed E-state index contributed by atoms with van der Waals surface area (Å²) in [5, 5.41) is 0. The molecule has 0 atom stereocenters. The first-order valence-corrected chi connectivity index (χ1v) is 5.29. The van der Waals surface area contributed by atoms with Crippen LogP contribution in [-0.4, -0.2) is 13.4 Å². The predicted octanol–water partition coefficient (Wildman–Crippen LogP) is 1.05. The summed E-state index contributed by atoms with van der Waals surface area (Å²) < 4.78 is 25.8. The van der Waals surface area contributed by atoms with Crippen LogP contribution < -0.4 is 0 Å². The van der Waals surface area contributed by atoms with Crippen LogP contribution in [0.5, 0.6) is 0 Å². The molecule has 62 valence electrons. The molecule has 0 saturated carbocycles. The Morgan fingerprint density at radius 2 is 2.36 bits per heavy atom. The van der Waals surface area contributed by atoms with Gasteiger partial charge in [0.2, 0.25) is 14.9 Å². The van der Waals surface area contributed by atoms with Gasteiger partial charge in [-0.1, -0.05) is 0 Å². The Morgan fingerprint density at radius 1 is 1.73 bits per heavy atom. The summed E-state index contributed by atoms with van der Waals surface area (Å²) in [7, 11) is 1.40. The lowest BCUT2D eigenvalue weighted by Gasteiger charge is -1.87. The SMILES string of the molecule is Cc1cnc(CS(=O)(=O)Cl)o1. The highest BCUT2D eigenvalue weighted by Gasteiger charge is 2.11. The Balaban J connectivity index is 2.81. The number of oxazole rings is 1. The molecule has 11 heavy (non-hydrogen) atoms. The largest absolute Gasteiger partial charge is 0.445 e. The highest BCUT2D eigenvalue weighted by molar-refractivity contribution is 8.13. The zero-order valence-corrected chi connectivity index (χ0v) is 7.32. The molecule has 0 aromatic carbocycles. The average molecular weight is 196 g/mol. The summed E-state index contributed by atoms with van der Waals surface area (Å²) >= 11 is 0. The second-order valence-corrected chi connectivity index (χ2v) is 4.82. The molecule has 1 aromatic heterocycles. The molecule has 0 aliphatic rings. The van der Waals surface area contributed by atoms with E-state index in [0.29, 0.717) is 5.76 Å². The Bertz CT molecular complexity index is 342. The van der Waals surface area contributed by atoms with Crippen LogP contribution in [0.4, 0.5) is 0 Å². The number of rotatable bonds is 2. The predicted molar refractivity (Wildman–Crippen MR) is 39.7 cm³/mol. The van der Waals surface area contributed by atoms with Crippen LogP contribution in [0.2, 0.25) is 0 Å². The summed E-state index contributed by atoms with van der Waals surface area (Å²) in [5.41, 5.74) is 0. The van der Waals surface area contributed by atoms with E-state index >= 15 is 0 Å². The fourth-order valence-electron chi connectivity index (χ4n) is 0.616. The smallest absolute Gasteiger partial charge is 0.241 e. The standard InChI is InChI=1S/C5H6ClNO3S/c1-4-2-7-5(10-4)3-11(6,8)9/h2H,3H2,1H3. The summed E-state index contributed by atoms with van der Waals surface area (Å²) in [4.78, 5) is 3.67. The van der Waals surface area contributed by atoms with Gasteiger partial charge in [-0.2, -0.15) is 0 Å². The van der Waals surface area contributed by atoms with E-state index in [1.807, 2.05) is 0 Å². The Morgan fingerprint density at radius 3 is 2.73 bits per heavy atom. The molecule has 1 heterocycles. The topological polar surface area (TPSA) is 60.2 Å². The molecule has 1 rings (SSSR count). The van der Waals surface area contributed by atoms with E-state index < -0.39 is 9.05 Å². The van der Waals surface area contributed by atoms with Gasteiger partial charge in [0.25, 0.3) is 0 Å². The van der Waals surface area contributed by atoms with Crippen LogP contribution in [0.15, 0.2) is 10.6 Å². The van der Waals surface area contributed by atoms with Crippen LogP contribution in [0.25, 0.3) is 0 Å². The fraction of sp³-hybridized carbons (Fsp3) is 0.400. The molecule has 0 bridgehead atoms. The van der Waals surface area contributed by atoms with E-state index in [-0.39, 0.29) is 11.6 Å². The number of nitrogens with zero attached hydrogens (tertiary/aromatic N) is 1. The maximum Gasteiger partial charge on any atom is 0.241 e. The van der Waals surface area contributed by atoms with Crippen molar-refractivity contribution in [3.8, 4) is 0 Å². The molecule has 0 fully saturated rings. The molecule has 0 aliphatic carbocycles. The third-order valence-corrected chi connectivity index (χ3v) is 1.88. The minimum atomic E-state index is -3.55.